The molecule has 1 N–H and O–H groups in total. The van der Waals surface area contributed by atoms with E-state index in [0.29, 0.717) is 0 Å². The molecule has 1 aliphatic rings. The van der Waals surface area contributed by atoms with Crippen molar-refractivity contribution in [1.82, 2.24) is 4.98 Å². The van der Waals surface area contributed by atoms with E-state index in [0.717, 1.165) is 45.2 Å². The second kappa shape index (κ2) is 10.2. The van der Waals surface area contributed by atoms with Crippen molar-refractivity contribution in [2.24, 2.45) is 0 Å². The number of aromatic nitrogens is 1. The van der Waals surface area contributed by atoms with Crippen LogP contribution in [0.1, 0.15) is 26.7 Å². The Kier molecular flexibility index (Phi) is 9.07. The van der Waals surface area contributed by atoms with Gasteiger partial charge in [-0.3, -0.25) is 0 Å². The second-order valence-corrected chi connectivity index (χ2v) is 6.60. The van der Waals surface area contributed by atoms with Crippen molar-refractivity contribution >= 4 is 22.3 Å². The minimum absolute atomic E-state index is 0.820. The first-order valence-corrected chi connectivity index (χ1v) is 9.65. The number of anilines is 2. The summed E-state index contributed by atoms with van der Waals surface area (Å²) in [5.41, 5.74) is 0. The Balaban J connectivity index is 0.000000463. The van der Waals surface area contributed by atoms with Crippen molar-refractivity contribution < 1.29 is 33.6 Å². The molecule has 2 rings (SSSR count). The van der Waals surface area contributed by atoms with Crippen molar-refractivity contribution in [2.75, 3.05) is 49.2 Å². The predicted molar refractivity (Wildman–Crippen MR) is 80.2 cm³/mol. The zero-order chi connectivity index (χ0) is 17.3. The zero-order valence-corrected chi connectivity index (χ0v) is 15.0. The molecule has 1 saturated heterocycles. The maximum Gasteiger partial charge on any atom is 0.187 e. The van der Waals surface area contributed by atoms with Crippen LogP contribution in [-0.4, -0.2) is 49.0 Å². The predicted octanol–water partition coefficient (Wildman–Crippen LogP) is -1.52. The van der Waals surface area contributed by atoms with Gasteiger partial charge in [0.2, 0.25) is 0 Å². The molecular weight excluding hydrogens is 346 g/mol. The molecular formula is C13H24ClN3O5S. The van der Waals surface area contributed by atoms with E-state index in [9.17, 15) is 0 Å². The molecule has 0 spiro atoms. The highest BCUT2D eigenvalue weighted by molar-refractivity contribution is 7.14. The van der Waals surface area contributed by atoms with Gasteiger partial charge in [0.25, 0.3) is 0 Å². The summed E-state index contributed by atoms with van der Waals surface area (Å²) in [4.78, 5) is 9.50. The maximum absolute atomic E-state index is 8.60. The van der Waals surface area contributed by atoms with E-state index in [1.807, 2.05) is 0 Å². The molecule has 2 heterocycles. The van der Waals surface area contributed by atoms with E-state index < -0.39 is 10.2 Å². The SMILES string of the molecule is CCCN(CCC)c1nc(N2CCOCC2)cs1.[O-][Cl+3]([O-])([O-])O. The molecule has 8 nitrogen and oxygen atoms in total. The molecule has 134 valence electrons. The summed E-state index contributed by atoms with van der Waals surface area (Å²) in [6, 6.07) is 0. The van der Waals surface area contributed by atoms with Gasteiger partial charge in [-0.25, -0.2) is 4.98 Å². The molecule has 10 heteroatoms. The Hall–Kier alpha value is -0.680. The summed E-state index contributed by atoms with van der Waals surface area (Å²) in [7, 11) is -4.69. The Morgan fingerprint density at radius 3 is 2.26 bits per heavy atom. The molecule has 1 aliphatic heterocycles. The van der Waals surface area contributed by atoms with Crippen molar-refractivity contribution in [2.45, 2.75) is 26.7 Å². The highest BCUT2D eigenvalue weighted by Gasteiger charge is 2.16. The maximum atomic E-state index is 8.60. The van der Waals surface area contributed by atoms with Gasteiger partial charge >= 0.3 is 0 Å². The van der Waals surface area contributed by atoms with Crippen LogP contribution in [0.5, 0.6) is 0 Å². The van der Waals surface area contributed by atoms with E-state index in [2.05, 4.69) is 29.0 Å². The summed E-state index contributed by atoms with van der Waals surface area (Å²) in [6.45, 7) is 10.2. The lowest BCUT2D eigenvalue weighted by atomic mass is 10.4. The Morgan fingerprint density at radius 1 is 1.26 bits per heavy atom. The number of morpholine rings is 1. The molecule has 0 bridgehead atoms. The van der Waals surface area contributed by atoms with Gasteiger partial charge in [-0.05, 0) is 12.8 Å². The molecule has 0 atom stereocenters. The fraction of sp³-hybridized carbons (Fsp3) is 0.769. The summed E-state index contributed by atoms with van der Waals surface area (Å²) in [5.74, 6) is 1.12. The van der Waals surface area contributed by atoms with Gasteiger partial charge in [0.15, 0.2) is 5.13 Å². The van der Waals surface area contributed by atoms with Crippen LogP contribution in [-0.2, 0) is 4.74 Å². The third-order valence-electron chi connectivity index (χ3n) is 3.07. The molecule has 1 aromatic heterocycles. The largest absolute Gasteiger partial charge is 0.378 e. The molecule has 1 fully saturated rings. The molecule has 0 saturated carbocycles. The standard InChI is InChI=1S/C13H23N3OS.ClHO4/c1-3-5-16(6-4-2)13-14-12(11-18-13)15-7-9-17-10-8-15;2-1(3,4)5/h11H,3-10H2,1-2H3;(H,2,3,4,5). The van der Waals surface area contributed by atoms with Gasteiger partial charge in [-0.2, -0.15) is 14.0 Å². The summed E-state index contributed by atoms with van der Waals surface area (Å²) in [6.07, 6.45) is 2.35. The van der Waals surface area contributed by atoms with Crippen LogP contribution in [0, 0.1) is 10.2 Å². The average Bonchev–Trinajstić information content (AvgIpc) is 2.96. The number of nitrogens with zero attached hydrogens (tertiary/aromatic N) is 3. The average molecular weight is 370 g/mol. The normalized spacial score (nSPS) is 15.1. The van der Waals surface area contributed by atoms with Crippen LogP contribution in [0.25, 0.3) is 0 Å². The van der Waals surface area contributed by atoms with Gasteiger partial charge in [-0.1, -0.05) is 13.8 Å². The fourth-order valence-corrected chi connectivity index (χ4v) is 3.07. The van der Waals surface area contributed by atoms with Crippen molar-refractivity contribution in [3.05, 3.63) is 5.38 Å². The lowest BCUT2D eigenvalue weighted by Gasteiger charge is -2.26. The van der Waals surface area contributed by atoms with Crippen molar-refractivity contribution in [3.8, 4) is 0 Å². The molecule has 0 radical (unpaired) electrons. The quantitative estimate of drug-likeness (QED) is 0.642. The topological polar surface area (TPSA) is 118 Å². The van der Waals surface area contributed by atoms with Crippen LogP contribution in [0.3, 0.4) is 0 Å². The first-order chi connectivity index (χ1) is 10.8. The Labute approximate surface area is 142 Å². The van der Waals surface area contributed by atoms with E-state index in [-0.39, 0.29) is 0 Å². The van der Waals surface area contributed by atoms with Gasteiger partial charge in [0, 0.05) is 31.6 Å². The van der Waals surface area contributed by atoms with Crippen LogP contribution in [0.4, 0.5) is 10.9 Å². The van der Waals surface area contributed by atoms with Crippen molar-refractivity contribution in [1.29, 1.82) is 0 Å². The monoisotopic (exact) mass is 369 g/mol. The third-order valence-corrected chi connectivity index (χ3v) is 3.96. The van der Waals surface area contributed by atoms with Crippen LogP contribution < -0.4 is 23.8 Å². The fourth-order valence-electron chi connectivity index (χ4n) is 2.18. The Bertz CT molecular complexity index is 425. The van der Waals surface area contributed by atoms with Crippen LogP contribution in [0.2, 0.25) is 0 Å². The van der Waals surface area contributed by atoms with E-state index in [1.165, 1.54) is 18.0 Å². The van der Waals surface area contributed by atoms with Gasteiger partial charge in [0.05, 0.1) is 28.1 Å². The summed E-state index contributed by atoms with van der Waals surface area (Å²) in [5, 5.41) is 3.35. The lowest BCUT2D eigenvalue weighted by molar-refractivity contribution is -1.92. The second-order valence-electron chi connectivity index (χ2n) is 4.97. The smallest absolute Gasteiger partial charge is 0.187 e. The van der Waals surface area contributed by atoms with Gasteiger partial charge < -0.3 is 14.5 Å². The summed E-state index contributed by atoms with van der Waals surface area (Å²) >= 11 is 1.76. The number of ether oxygens (including phenoxy) is 1. The summed E-state index contributed by atoms with van der Waals surface area (Å²) < 4.78 is 38.1. The number of thiazole rings is 1. The number of halogens is 1. The van der Waals surface area contributed by atoms with E-state index in [4.69, 9.17) is 28.4 Å². The van der Waals surface area contributed by atoms with Gasteiger partial charge in [0.1, 0.15) is 5.82 Å². The number of hydrogen-bond acceptors (Lipinski definition) is 9. The molecule has 0 unspecified atom stereocenters. The molecule has 0 aromatic carbocycles. The lowest BCUT2D eigenvalue weighted by Crippen LogP contribution is -2.58. The van der Waals surface area contributed by atoms with E-state index in [1.54, 1.807) is 11.3 Å². The molecule has 0 aliphatic carbocycles. The number of hydrogen-bond donors (Lipinski definition) is 1. The van der Waals surface area contributed by atoms with Crippen LogP contribution >= 0.6 is 11.3 Å². The zero-order valence-electron chi connectivity index (χ0n) is 13.4. The highest BCUT2D eigenvalue weighted by atomic mass is 35.7. The third kappa shape index (κ3) is 8.66. The highest BCUT2D eigenvalue weighted by Crippen LogP contribution is 2.26. The van der Waals surface area contributed by atoms with E-state index >= 15 is 0 Å². The first kappa shape index (κ1) is 20.4. The number of rotatable bonds is 6. The minimum Gasteiger partial charge on any atom is -0.378 e. The Morgan fingerprint density at radius 2 is 1.78 bits per heavy atom. The van der Waals surface area contributed by atoms with Crippen molar-refractivity contribution in [3.63, 3.8) is 0 Å². The molecule has 23 heavy (non-hydrogen) atoms. The van der Waals surface area contributed by atoms with Crippen LogP contribution in [0.15, 0.2) is 5.38 Å². The molecule has 0 amide bonds. The van der Waals surface area contributed by atoms with Gasteiger partial charge in [-0.15, -0.1) is 11.3 Å². The molecule has 1 aromatic rings. The first-order valence-electron chi connectivity index (χ1n) is 7.51. The minimum atomic E-state index is -4.69.